The predicted octanol–water partition coefficient (Wildman–Crippen LogP) is 5.98. The number of carboxylic acid groups (broad SMARTS) is 1. The van der Waals surface area contributed by atoms with Gasteiger partial charge in [0.1, 0.15) is 6.61 Å². The van der Waals surface area contributed by atoms with Gasteiger partial charge in [0, 0.05) is 23.4 Å². The van der Waals surface area contributed by atoms with E-state index >= 15 is 0 Å². The zero-order chi connectivity index (χ0) is 34.2. The van der Waals surface area contributed by atoms with Gasteiger partial charge in [-0.3, -0.25) is 9.59 Å². The highest BCUT2D eigenvalue weighted by Crippen LogP contribution is 2.69. The lowest BCUT2D eigenvalue weighted by Gasteiger charge is -2.59. The number of ketones is 2. The van der Waals surface area contributed by atoms with E-state index in [-0.39, 0.29) is 34.7 Å². The van der Waals surface area contributed by atoms with Gasteiger partial charge in [-0.25, -0.2) is 0 Å². The van der Waals surface area contributed by atoms with Crippen molar-refractivity contribution in [3.8, 4) is 0 Å². The third-order valence-electron chi connectivity index (χ3n) is 12.1. The first-order valence-corrected chi connectivity index (χ1v) is 18.4. The molecule has 0 amide bonds. The number of allylic oxidation sites excluding steroid dienone is 4. The van der Waals surface area contributed by atoms with Crippen molar-refractivity contribution in [3.05, 3.63) is 23.8 Å². The van der Waals surface area contributed by atoms with Crippen LogP contribution in [0.5, 0.6) is 0 Å². The van der Waals surface area contributed by atoms with Crippen LogP contribution in [0.25, 0.3) is 0 Å². The zero-order valence-electron chi connectivity index (χ0n) is 29.2. The van der Waals surface area contributed by atoms with Gasteiger partial charge in [-0.05, 0) is 62.5 Å². The molecular weight excluding hydrogens is 600 g/mol. The van der Waals surface area contributed by atoms with Crippen LogP contribution in [0.4, 0.5) is 4.79 Å². The number of fused-ring (bicyclic) bond motifs is 7. The molecule has 2 N–H and O–H groups in total. The Morgan fingerprint density at radius 2 is 1.68 bits per heavy atom. The van der Waals surface area contributed by atoms with Gasteiger partial charge in [0.25, 0.3) is 6.16 Å². The highest BCUT2D eigenvalue weighted by atomic mass is 16.7. The van der Waals surface area contributed by atoms with E-state index in [4.69, 9.17) is 9.47 Å². The highest BCUT2D eigenvalue weighted by Gasteiger charge is 2.75. The van der Waals surface area contributed by atoms with Crippen molar-refractivity contribution in [2.24, 2.45) is 28.6 Å². The van der Waals surface area contributed by atoms with E-state index in [1.165, 1.54) is 51.4 Å². The average molecular weight is 660 g/mol. The molecule has 0 spiro atoms. The van der Waals surface area contributed by atoms with Crippen LogP contribution in [0.1, 0.15) is 130 Å². The van der Waals surface area contributed by atoms with Crippen LogP contribution in [0.3, 0.4) is 0 Å². The van der Waals surface area contributed by atoms with Gasteiger partial charge in [0.2, 0.25) is 0 Å². The van der Waals surface area contributed by atoms with Gasteiger partial charge in [-0.15, -0.1) is 0 Å². The van der Waals surface area contributed by atoms with E-state index in [9.17, 15) is 29.7 Å². The maximum Gasteiger partial charge on any atom is 0.251 e. The van der Waals surface area contributed by atoms with Crippen molar-refractivity contribution in [2.75, 3.05) is 13.2 Å². The number of carbonyl (C=O) groups excluding carboxylic acids is 3. The molecule has 4 aliphatic carbocycles. The SMILES string of the molecule is CCCC1O[C@@H]2C[C@H]3[C@@H]4CCC5=CC(=O)C=C[C@]5(C)[C@H]4[C@@H](O)C[C@]3(C)[C@]2(C(=O)CO)O1.CCCCCCCCCCCCOC(=O)[O-]. The van der Waals surface area contributed by atoms with E-state index in [2.05, 4.69) is 32.4 Å². The van der Waals surface area contributed by atoms with E-state index in [0.717, 1.165) is 37.7 Å². The number of hydrogen-bond acceptors (Lipinski definition) is 9. The monoisotopic (exact) mass is 659 g/mol. The molecule has 9 atom stereocenters. The molecule has 3 saturated carbocycles. The first-order chi connectivity index (χ1) is 22.5. The lowest BCUT2D eigenvalue weighted by atomic mass is 9.46. The van der Waals surface area contributed by atoms with Crippen molar-refractivity contribution in [1.82, 2.24) is 0 Å². The highest BCUT2D eigenvalue weighted by molar-refractivity contribution is 6.01. The molecule has 0 aromatic rings. The molecule has 1 heterocycles. The molecule has 1 unspecified atom stereocenters. The first kappa shape index (κ1) is 37.7. The van der Waals surface area contributed by atoms with Crippen LogP contribution in [0.15, 0.2) is 23.8 Å². The maximum absolute atomic E-state index is 13.2. The summed E-state index contributed by atoms with van der Waals surface area (Å²) in [5.74, 6) is 0.0274. The molecule has 0 aromatic heterocycles. The first-order valence-electron chi connectivity index (χ1n) is 18.4. The lowest BCUT2D eigenvalue weighted by molar-refractivity contribution is -0.282. The van der Waals surface area contributed by atoms with Crippen molar-refractivity contribution in [2.45, 2.75) is 155 Å². The Bertz CT molecular complexity index is 1150. The molecular formula is C38H59O9-. The number of aliphatic hydroxyl groups is 2. The van der Waals surface area contributed by atoms with Crippen molar-refractivity contribution < 1.29 is 43.9 Å². The Labute approximate surface area is 281 Å². The number of unbranched alkanes of at least 4 members (excludes halogenated alkanes) is 9. The van der Waals surface area contributed by atoms with Gasteiger partial charge >= 0.3 is 0 Å². The summed E-state index contributed by atoms with van der Waals surface area (Å²) < 4.78 is 17.0. The minimum Gasteiger partial charge on any atom is -0.550 e. The fourth-order valence-electron chi connectivity index (χ4n) is 9.87. The van der Waals surface area contributed by atoms with Gasteiger partial charge < -0.3 is 34.3 Å². The Morgan fingerprint density at radius 1 is 1.02 bits per heavy atom. The van der Waals surface area contributed by atoms with Crippen LogP contribution in [0, 0.1) is 28.6 Å². The molecule has 9 nitrogen and oxygen atoms in total. The normalized spacial score (nSPS) is 36.7. The zero-order valence-corrected chi connectivity index (χ0v) is 29.2. The van der Waals surface area contributed by atoms with Crippen LogP contribution in [0.2, 0.25) is 0 Å². The minimum absolute atomic E-state index is 0.0125. The summed E-state index contributed by atoms with van der Waals surface area (Å²) in [5.41, 5.74) is -1.05. The summed E-state index contributed by atoms with van der Waals surface area (Å²) >= 11 is 0. The third-order valence-corrected chi connectivity index (χ3v) is 12.1. The fraction of sp³-hybridized carbons (Fsp3) is 0.816. The molecule has 1 aliphatic heterocycles. The predicted molar refractivity (Wildman–Crippen MR) is 176 cm³/mol. The Morgan fingerprint density at radius 3 is 2.30 bits per heavy atom. The van der Waals surface area contributed by atoms with Gasteiger partial charge in [-0.2, -0.15) is 0 Å². The number of rotatable bonds is 15. The molecule has 47 heavy (non-hydrogen) atoms. The quantitative estimate of drug-likeness (QED) is 0.160. The average Bonchev–Trinajstić information content (AvgIpc) is 3.51. The molecule has 4 fully saturated rings. The summed E-state index contributed by atoms with van der Waals surface area (Å²) in [5, 5.41) is 31.3. The smallest absolute Gasteiger partial charge is 0.251 e. The fourth-order valence-corrected chi connectivity index (χ4v) is 9.87. The van der Waals surface area contributed by atoms with E-state index in [1.54, 1.807) is 12.2 Å². The molecule has 266 valence electrons. The topological polar surface area (TPSA) is 142 Å². The van der Waals surface area contributed by atoms with E-state index in [0.29, 0.717) is 25.9 Å². The Hall–Kier alpha value is -2.07. The van der Waals surface area contributed by atoms with E-state index in [1.807, 2.05) is 6.08 Å². The summed E-state index contributed by atoms with van der Waals surface area (Å²) in [6.07, 6.45) is 19.3. The van der Waals surface area contributed by atoms with Gasteiger partial charge in [0.15, 0.2) is 23.5 Å². The van der Waals surface area contributed by atoms with Crippen molar-refractivity contribution >= 4 is 17.7 Å². The second-order valence-corrected chi connectivity index (χ2v) is 15.0. The van der Waals surface area contributed by atoms with Gasteiger partial charge in [0.05, 0.1) is 12.2 Å². The number of hydrogen-bond donors (Lipinski definition) is 2. The Kier molecular flexibility index (Phi) is 13.3. The second-order valence-electron chi connectivity index (χ2n) is 15.0. The summed E-state index contributed by atoms with van der Waals surface area (Å²) in [4.78, 5) is 35.1. The lowest BCUT2D eigenvalue weighted by Crippen LogP contribution is -2.63. The van der Waals surface area contributed by atoms with Crippen LogP contribution in [-0.4, -0.2) is 65.2 Å². The molecule has 0 aromatic carbocycles. The largest absolute Gasteiger partial charge is 0.550 e. The van der Waals surface area contributed by atoms with Crippen molar-refractivity contribution in [1.29, 1.82) is 0 Å². The standard InChI is InChI=1S/C25H34O6.C13H26O3/c1-4-5-21-30-20-11-17-16-7-6-14-10-15(27)8-9-23(14,2)22(16)18(28)12-24(17,3)25(20,31-21)19(29)13-26;1-2-3-4-5-6-7-8-9-10-11-12-16-13(14)15/h8-10,16-18,20-22,26,28H,4-7,11-13H2,1-3H3;2-12H2,1H3,(H,14,15)/p-1/t16-,17-,18-,20+,21?,22+,23-,24-,25+;/m0./s1. The van der Waals surface area contributed by atoms with Crippen LogP contribution >= 0.6 is 0 Å². The molecule has 9 heteroatoms. The molecule has 5 aliphatic rings. The molecule has 0 radical (unpaired) electrons. The second kappa shape index (κ2) is 16.6. The maximum atomic E-state index is 13.2. The third kappa shape index (κ3) is 7.73. The Balaban J connectivity index is 0.000000267. The molecule has 5 rings (SSSR count). The number of ether oxygens (including phenoxy) is 3. The number of carbonyl (C=O) groups is 3. The summed E-state index contributed by atoms with van der Waals surface area (Å²) in [7, 11) is 0. The van der Waals surface area contributed by atoms with Crippen molar-refractivity contribution in [3.63, 3.8) is 0 Å². The minimum atomic E-state index is -1.41. The molecule has 0 bridgehead atoms. The van der Waals surface area contributed by atoms with E-state index < -0.39 is 42.3 Å². The number of Topliss-reactive ketones (excluding diaryl/α,β-unsaturated/α-hetero) is 1. The molecule has 1 saturated heterocycles. The van der Waals surface area contributed by atoms with Crippen LogP contribution in [-0.2, 0) is 23.8 Å². The van der Waals surface area contributed by atoms with Gasteiger partial charge in [-0.1, -0.05) is 104 Å². The van der Waals surface area contributed by atoms with Crippen LogP contribution < -0.4 is 5.11 Å². The summed E-state index contributed by atoms with van der Waals surface area (Å²) in [6, 6.07) is 0. The number of aliphatic hydroxyl groups excluding tert-OH is 2. The summed E-state index contributed by atoms with van der Waals surface area (Å²) in [6.45, 7) is 8.20.